The maximum atomic E-state index is 9.97. The van der Waals surface area contributed by atoms with Gasteiger partial charge in [-0.15, -0.1) is 0 Å². The molecule has 1 fully saturated rings. The zero-order valence-electron chi connectivity index (χ0n) is 16.5. The molecule has 1 aliphatic heterocycles. The Morgan fingerprint density at radius 1 is 0.885 bits per heavy atom. The van der Waals surface area contributed by atoms with E-state index in [1.54, 1.807) is 0 Å². The molecule has 4 atom stereocenters. The number of aliphatic hydroxyl groups is 3. The third-order valence-electron chi connectivity index (χ3n) is 4.99. The summed E-state index contributed by atoms with van der Waals surface area (Å²) in [5.41, 5.74) is 0. The van der Waals surface area contributed by atoms with Gasteiger partial charge in [-0.05, 0) is 25.7 Å². The van der Waals surface area contributed by atoms with Crippen molar-refractivity contribution in [2.45, 2.75) is 102 Å². The highest BCUT2D eigenvalue weighted by Crippen LogP contribution is 2.18. The summed E-state index contributed by atoms with van der Waals surface area (Å²) in [6, 6.07) is 0. The van der Waals surface area contributed by atoms with Gasteiger partial charge in [-0.3, -0.25) is 0 Å². The van der Waals surface area contributed by atoms with Crippen LogP contribution in [0.2, 0.25) is 0 Å². The first-order valence-corrected chi connectivity index (χ1v) is 10.6. The highest BCUT2D eigenvalue weighted by atomic mass is 16.6. The van der Waals surface area contributed by atoms with Crippen LogP contribution in [0.1, 0.15) is 77.6 Å². The maximum Gasteiger partial charge on any atom is 0.111 e. The van der Waals surface area contributed by atoms with E-state index in [1.807, 2.05) is 0 Å². The Morgan fingerprint density at radius 2 is 1.50 bits per heavy atom. The van der Waals surface area contributed by atoms with Crippen molar-refractivity contribution in [3.63, 3.8) is 0 Å². The second-order valence-electron chi connectivity index (χ2n) is 7.32. The van der Waals surface area contributed by atoms with Gasteiger partial charge in [-0.1, -0.05) is 64.0 Å². The summed E-state index contributed by atoms with van der Waals surface area (Å²) in [6.45, 7) is 2.71. The molecule has 0 radical (unpaired) electrons. The molecule has 0 aromatic heterocycles. The normalized spacial score (nSPS) is 26.6. The van der Waals surface area contributed by atoms with Crippen molar-refractivity contribution in [2.75, 3.05) is 19.8 Å². The lowest BCUT2D eigenvalue weighted by Gasteiger charge is -2.36. The Balaban J connectivity index is 1.88. The molecular formula is C21H40O5. The number of ether oxygens (including phenoxy) is 2. The number of allylic oxidation sites excluding steroid dienone is 2. The highest BCUT2D eigenvalue weighted by Gasteiger charge is 2.38. The molecule has 0 aromatic carbocycles. The summed E-state index contributed by atoms with van der Waals surface area (Å²) >= 11 is 0. The molecule has 0 aromatic rings. The molecule has 1 saturated heterocycles. The molecule has 5 heteroatoms. The third-order valence-corrected chi connectivity index (χ3v) is 4.99. The van der Waals surface area contributed by atoms with Gasteiger partial charge in [-0.2, -0.15) is 0 Å². The van der Waals surface area contributed by atoms with Crippen LogP contribution in [-0.4, -0.2) is 59.6 Å². The van der Waals surface area contributed by atoms with Crippen molar-refractivity contribution in [3.05, 3.63) is 12.2 Å². The average Bonchev–Trinajstić information content (AvgIpc) is 2.65. The molecule has 154 valence electrons. The molecule has 3 N–H and O–H groups in total. The zero-order valence-corrected chi connectivity index (χ0v) is 16.5. The minimum absolute atomic E-state index is 0.219. The standard InChI is InChI=1S/C21H40O5/c1-2-3-4-5-6-7-8-9-10-11-12-13-14-15-25-19-17-26-18(16-22)20(23)21(19)24/h4-5,18-24H,2-3,6-17H2,1H3/b5-4+/t18-,19+,20-,21-/m1/s1. The first kappa shape index (κ1) is 23.6. The molecule has 0 amide bonds. The number of aliphatic hydroxyl groups excluding tert-OH is 3. The zero-order chi connectivity index (χ0) is 19.0. The highest BCUT2D eigenvalue weighted by molar-refractivity contribution is 4.87. The third kappa shape index (κ3) is 10.0. The molecule has 1 rings (SSSR count). The van der Waals surface area contributed by atoms with Crippen LogP contribution in [0.25, 0.3) is 0 Å². The fourth-order valence-corrected chi connectivity index (χ4v) is 3.22. The first-order chi connectivity index (χ1) is 12.7. The molecule has 26 heavy (non-hydrogen) atoms. The molecule has 0 bridgehead atoms. The van der Waals surface area contributed by atoms with Gasteiger partial charge < -0.3 is 24.8 Å². The van der Waals surface area contributed by atoms with Gasteiger partial charge in [0.2, 0.25) is 0 Å². The number of hydrogen-bond donors (Lipinski definition) is 3. The first-order valence-electron chi connectivity index (χ1n) is 10.6. The maximum absolute atomic E-state index is 9.97. The van der Waals surface area contributed by atoms with Gasteiger partial charge in [0.15, 0.2) is 0 Å². The Hall–Kier alpha value is -0.460. The van der Waals surface area contributed by atoms with E-state index < -0.39 is 24.4 Å². The fraction of sp³-hybridized carbons (Fsp3) is 0.905. The molecule has 0 unspecified atom stereocenters. The van der Waals surface area contributed by atoms with Crippen LogP contribution in [0.3, 0.4) is 0 Å². The molecule has 1 heterocycles. The topological polar surface area (TPSA) is 79.2 Å². The van der Waals surface area contributed by atoms with Crippen molar-refractivity contribution in [1.29, 1.82) is 0 Å². The Morgan fingerprint density at radius 3 is 2.15 bits per heavy atom. The van der Waals surface area contributed by atoms with Crippen LogP contribution < -0.4 is 0 Å². The van der Waals surface area contributed by atoms with Gasteiger partial charge in [0.05, 0.1) is 13.2 Å². The van der Waals surface area contributed by atoms with Crippen LogP contribution in [-0.2, 0) is 9.47 Å². The van der Waals surface area contributed by atoms with E-state index in [4.69, 9.17) is 14.6 Å². The molecule has 0 spiro atoms. The molecular weight excluding hydrogens is 332 g/mol. The van der Waals surface area contributed by atoms with E-state index in [-0.39, 0.29) is 13.2 Å². The summed E-state index contributed by atoms with van der Waals surface area (Å²) < 4.78 is 10.9. The molecule has 5 nitrogen and oxygen atoms in total. The van der Waals surface area contributed by atoms with Crippen LogP contribution in [0, 0.1) is 0 Å². The minimum atomic E-state index is -1.08. The Kier molecular flexibility index (Phi) is 14.1. The van der Waals surface area contributed by atoms with Crippen molar-refractivity contribution < 1.29 is 24.8 Å². The number of unbranched alkanes of at least 4 members (excludes halogenated alkanes) is 9. The predicted molar refractivity (Wildman–Crippen MR) is 104 cm³/mol. The van der Waals surface area contributed by atoms with Gasteiger partial charge in [0.1, 0.15) is 24.4 Å². The van der Waals surface area contributed by atoms with E-state index in [2.05, 4.69) is 19.1 Å². The van der Waals surface area contributed by atoms with Crippen LogP contribution in [0.15, 0.2) is 12.2 Å². The predicted octanol–water partition coefficient (Wildman–Crippen LogP) is 3.35. The number of hydrogen-bond acceptors (Lipinski definition) is 5. The monoisotopic (exact) mass is 372 g/mol. The second-order valence-corrected chi connectivity index (χ2v) is 7.32. The SMILES string of the molecule is CCC/C=C/CCCCCCCCCCO[C@H]1CO[C@H](CO)[C@@H](O)[C@@H]1O. The summed E-state index contributed by atoms with van der Waals surface area (Å²) in [4.78, 5) is 0. The summed E-state index contributed by atoms with van der Waals surface area (Å²) in [7, 11) is 0. The Labute approximate surface area is 159 Å². The van der Waals surface area contributed by atoms with Crippen molar-refractivity contribution >= 4 is 0 Å². The summed E-state index contributed by atoms with van der Waals surface area (Å²) in [5, 5.41) is 28.8. The lowest BCUT2D eigenvalue weighted by atomic mass is 10.0. The minimum Gasteiger partial charge on any atom is -0.394 e. The smallest absolute Gasteiger partial charge is 0.111 e. The van der Waals surface area contributed by atoms with Gasteiger partial charge in [0.25, 0.3) is 0 Å². The lowest BCUT2D eigenvalue weighted by Crippen LogP contribution is -2.55. The van der Waals surface area contributed by atoms with Gasteiger partial charge >= 0.3 is 0 Å². The van der Waals surface area contributed by atoms with Crippen molar-refractivity contribution in [1.82, 2.24) is 0 Å². The molecule has 1 aliphatic rings. The average molecular weight is 373 g/mol. The molecule has 0 aliphatic carbocycles. The van der Waals surface area contributed by atoms with E-state index >= 15 is 0 Å². The lowest BCUT2D eigenvalue weighted by molar-refractivity contribution is -0.208. The van der Waals surface area contributed by atoms with Gasteiger partial charge in [-0.25, -0.2) is 0 Å². The van der Waals surface area contributed by atoms with Crippen LogP contribution in [0.4, 0.5) is 0 Å². The van der Waals surface area contributed by atoms with E-state index in [1.165, 1.54) is 57.8 Å². The fourth-order valence-electron chi connectivity index (χ4n) is 3.22. The van der Waals surface area contributed by atoms with Crippen LogP contribution >= 0.6 is 0 Å². The number of rotatable bonds is 15. The van der Waals surface area contributed by atoms with Crippen molar-refractivity contribution in [2.24, 2.45) is 0 Å². The van der Waals surface area contributed by atoms with Crippen LogP contribution in [0.5, 0.6) is 0 Å². The summed E-state index contributed by atoms with van der Waals surface area (Å²) in [5.74, 6) is 0. The van der Waals surface area contributed by atoms with Crippen molar-refractivity contribution in [3.8, 4) is 0 Å². The van der Waals surface area contributed by atoms with E-state index in [0.29, 0.717) is 6.61 Å². The van der Waals surface area contributed by atoms with E-state index in [0.717, 1.165) is 12.8 Å². The molecule has 0 saturated carbocycles. The summed E-state index contributed by atoms with van der Waals surface area (Å²) in [6.07, 6.45) is 14.9. The quantitative estimate of drug-likeness (QED) is 0.303. The van der Waals surface area contributed by atoms with E-state index in [9.17, 15) is 10.2 Å². The largest absolute Gasteiger partial charge is 0.394 e. The Bertz CT molecular complexity index is 347. The second kappa shape index (κ2) is 15.6. The van der Waals surface area contributed by atoms with Gasteiger partial charge in [0, 0.05) is 6.61 Å².